The Hall–Kier alpha value is -2.98. The van der Waals surface area contributed by atoms with Crippen LogP contribution in [0.4, 0.5) is 0 Å². The van der Waals surface area contributed by atoms with Gasteiger partial charge in [0, 0.05) is 18.4 Å². The van der Waals surface area contributed by atoms with Crippen molar-refractivity contribution in [1.82, 2.24) is 4.98 Å². The molecule has 0 saturated heterocycles. The number of unbranched alkanes of at least 4 members (excludes halogenated alkanes) is 6. The summed E-state index contributed by atoms with van der Waals surface area (Å²) in [5.74, 6) is 0.181. The number of hydrogen-bond acceptors (Lipinski definition) is 4. The predicted octanol–water partition coefficient (Wildman–Crippen LogP) is 8.19. The molecule has 0 radical (unpaired) electrons. The zero-order valence-electron chi connectivity index (χ0n) is 21.3. The Morgan fingerprint density at radius 1 is 0.743 bits per heavy atom. The zero-order chi connectivity index (χ0) is 24.7. The molecule has 0 aliphatic rings. The second-order valence-electron chi connectivity index (χ2n) is 9.09. The van der Waals surface area contributed by atoms with E-state index in [0.29, 0.717) is 17.9 Å². The molecule has 0 N–H and O–H groups in total. The van der Waals surface area contributed by atoms with Crippen molar-refractivity contribution in [2.24, 2.45) is 0 Å². The van der Waals surface area contributed by atoms with Gasteiger partial charge in [0.15, 0.2) is 0 Å². The standard InChI is InChI=1S/C31H39NO3/c1-3-5-7-8-10-22-34-24-26-14-21-30(32-23-26)27-17-19-29(20-18-27)35-31(33)28-15-12-25(13-16-28)11-9-6-4-2/h12-21,23H,3-11,22,24H2,1-2H3. The molecule has 4 heteroatoms. The molecule has 0 saturated carbocycles. The monoisotopic (exact) mass is 473 g/mol. The van der Waals surface area contributed by atoms with Crippen molar-refractivity contribution in [3.8, 4) is 17.0 Å². The highest BCUT2D eigenvalue weighted by molar-refractivity contribution is 5.91. The summed E-state index contributed by atoms with van der Waals surface area (Å²) in [6, 6.07) is 19.3. The van der Waals surface area contributed by atoms with E-state index in [0.717, 1.165) is 36.3 Å². The third-order valence-electron chi connectivity index (χ3n) is 6.10. The number of pyridine rings is 1. The van der Waals surface area contributed by atoms with Crippen LogP contribution in [-0.4, -0.2) is 17.6 Å². The van der Waals surface area contributed by atoms with Crippen molar-refractivity contribution in [2.75, 3.05) is 6.61 Å². The number of aromatic nitrogens is 1. The van der Waals surface area contributed by atoms with Crippen LogP contribution in [0.15, 0.2) is 66.9 Å². The van der Waals surface area contributed by atoms with Gasteiger partial charge in [-0.3, -0.25) is 4.98 Å². The Kier molecular flexibility index (Phi) is 11.5. The lowest BCUT2D eigenvalue weighted by Gasteiger charge is -2.08. The molecule has 0 spiro atoms. The molecule has 3 aromatic rings. The maximum atomic E-state index is 12.5. The van der Waals surface area contributed by atoms with Gasteiger partial charge in [0.2, 0.25) is 0 Å². The van der Waals surface area contributed by atoms with Gasteiger partial charge in [0.05, 0.1) is 17.9 Å². The molecule has 186 valence electrons. The molecule has 0 aliphatic heterocycles. The molecule has 1 heterocycles. The molecule has 0 amide bonds. The summed E-state index contributed by atoms with van der Waals surface area (Å²) in [5, 5.41) is 0. The van der Waals surface area contributed by atoms with Crippen LogP contribution in [-0.2, 0) is 17.8 Å². The largest absolute Gasteiger partial charge is 0.423 e. The minimum absolute atomic E-state index is 0.342. The van der Waals surface area contributed by atoms with Crippen LogP contribution in [0.25, 0.3) is 11.3 Å². The van der Waals surface area contributed by atoms with E-state index >= 15 is 0 Å². The van der Waals surface area contributed by atoms with E-state index in [9.17, 15) is 4.79 Å². The Morgan fingerprint density at radius 2 is 1.43 bits per heavy atom. The first-order valence-corrected chi connectivity index (χ1v) is 13.1. The van der Waals surface area contributed by atoms with Gasteiger partial charge in [-0.15, -0.1) is 0 Å². The van der Waals surface area contributed by atoms with Crippen LogP contribution in [0.1, 0.15) is 86.7 Å². The second kappa shape index (κ2) is 15.1. The van der Waals surface area contributed by atoms with Gasteiger partial charge < -0.3 is 9.47 Å². The Morgan fingerprint density at radius 3 is 2.11 bits per heavy atom. The molecule has 0 unspecified atom stereocenters. The first-order valence-electron chi connectivity index (χ1n) is 13.1. The summed E-state index contributed by atoms with van der Waals surface area (Å²) in [5.41, 5.74) is 4.75. The average Bonchev–Trinajstić information content (AvgIpc) is 2.89. The van der Waals surface area contributed by atoms with Crippen LogP contribution >= 0.6 is 0 Å². The van der Waals surface area contributed by atoms with Crippen molar-refractivity contribution >= 4 is 5.97 Å². The third-order valence-corrected chi connectivity index (χ3v) is 6.10. The highest BCUT2D eigenvalue weighted by Crippen LogP contribution is 2.22. The maximum absolute atomic E-state index is 12.5. The van der Waals surface area contributed by atoms with Gasteiger partial charge in [-0.1, -0.05) is 70.6 Å². The fourth-order valence-electron chi connectivity index (χ4n) is 3.92. The number of ether oxygens (including phenoxy) is 2. The second-order valence-corrected chi connectivity index (χ2v) is 9.09. The highest BCUT2D eigenvalue weighted by atomic mass is 16.5. The molecule has 0 bridgehead atoms. The smallest absolute Gasteiger partial charge is 0.343 e. The average molecular weight is 474 g/mol. The molecule has 0 aliphatic carbocycles. The van der Waals surface area contributed by atoms with Gasteiger partial charge in [0.1, 0.15) is 5.75 Å². The molecule has 3 rings (SSSR count). The zero-order valence-corrected chi connectivity index (χ0v) is 21.3. The normalized spacial score (nSPS) is 10.9. The van der Waals surface area contributed by atoms with Crippen LogP contribution in [0.2, 0.25) is 0 Å². The number of rotatable bonds is 15. The van der Waals surface area contributed by atoms with Gasteiger partial charge in [0.25, 0.3) is 0 Å². The van der Waals surface area contributed by atoms with Crippen molar-refractivity contribution in [3.63, 3.8) is 0 Å². The van der Waals surface area contributed by atoms with Crippen LogP contribution in [0.3, 0.4) is 0 Å². The number of carbonyl (C=O) groups excluding carboxylic acids is 1. The Bertz CT molecular complexity index is 995. The molecule has 0 atom stereocenters. The van der Waals surface area contributed by atoms with E-state index in [-0.39, 0.29) is 5.97 Å². The fourth-order valence-corrected chi connectivity index (χ4v) is 3.92. The summed E-state index contributed by atoms with van der Waals surface area (Å²) in [6.07, 6.45) is 12.7. The maximum Gasteiger partial charge on any atom is 0.343 e. The molecule has 4 nitrogen and oxygen atoms in total. The summed E-state index contributed by atoms with van der Waals surface area (Å²) in [7, 11) is 0. The predicted molar refractivity (Wildman–Crippen MR) is 143 cm³/mol. The lowest BCUT2D eigenvalue weighted by atomic mass is 10.1. The third kappa shape index (κ3) is 9.29. The van der Waals surface area contributed by atoms with E-state index in [1.807, 2.05) is 60.8 Å². The van der Waals surface area contributed by atoms with E-state index in [2.05, 4.69) is 24.9 Å². The number of hydrogen-bond donors (Lipinski definition) is 0. The summed E-state index contributed by atoms with van der Waals surface area (Å²) >= 11 is 0. The summed E-state index contributed by atoms with van der Waals surface area (Å²) < 4.78 is 11.3. The van der Waals surface area contributed by atoms with Gasteiger partial charge >= 0.3 is 5.97 Å². The van der Waals surface area contributed by atoms with Crippen molar-refractivity contribution < 1.29 is 14.3 Å². The molecular formula is C31H39NO3. The van der Waals surface area contributed by atoms with Gasteiger partial charge in [-0.2, -0.15) is 0 Å². The Labute approximate surface area is 210 Å². The van der Waals surface area contributed by atoms with Crippen molar-refractivity contribution in [3.05, 3.63) is 83.6 Å². The fraction of sp³-hybridized carbons (Fsp3) is 0.419. The molecule has 35 heavy (non-hydrogen) atoms. The SMILES string of the molecule is CCCCCCCOCc1ccc(-c2ccc(OC(=O)c3ccc(CCCCC)cc3)cc2)nc1. The van der Waals surface area contributed by atoms with E-state index in [1.54, 1.807) is 0 Å². The lowest BCUT2D eigenvalue weighted by molar-refractivity contribution is 0.0734. The van der Waals surface area contributed by atoms with Crippen molar-refractivity contribution in [2.45, 2.75) is 78.2 Å². The number of aryl methyl sites for hydroxylation is 1. The van der Waals surface area contributed by atoms with E-state index < -0.39 is 0 Å². The summed E-state index contributed by atoms with van der Waals surface area (Å²) in [6.45, 7) is 5.82. The van der Waals surface area contributed by atoms with Gasteiger partial charge in [-0.05, 0) is 72.9 Å². The topological polar surface area (TPSA) is 48.4 Å². The van der Waals surface area contributed by atoms with Crippen LogP contribution in [0, 0.1) is 0 Å². The van der Waals surface area contributed by atoms with Crippen LogP contribution in [0.5, 0.6) is 5.75 Å². The quantitative estimate of drug-likeness (QED) is 0.127. The van der Waals surface area contributed by atoms with E-state index in [1.165, 1.54) is 50.5 Å². The molecule has 0 fully saturated rings. The first kappa shape index (κ1) is 26.6. The molecular weight excluding hydrogens is 434 g/mol. The minimum Gasteiger partial charge on any atom is -0.423 e. The number of nitrogens with zero attached hydrogens (tertiary/aromatic N) is 1. The lowest BCUT2D eigenvalue weighted by Crippen LogP contribution is -2.08. The van der Waals surface area contributed by atoms with Crippen LogP contribution < -0.4 is 4.74 Å². The number of esters is 1. The molecule has 1 aromatic heterocycles. The van der Waals surface area contributed by atoms with E-state index in [4.69, 9.17) is 9.47 Å². The van der Waals surface area contributed by atoms with Gasteiger partial charge in [-0.25, -0.2) is 4.79 Å². The first-order chi connectivity index (χ1) is 17.2. The van der Waals surface area contributed by atoms with Crippen molar-refractivity contribution in [1.29, 1.82) is 0 Å². The highest BCUT2D eigenvalue weighted by Gasteiger charge is 2.09. The number of benzene rings is 2. The molecule has 2 aromatic carbocycles. The minimum atomic E-state index is -0.342. The number of carbonyl (C=O) groups is 1. The Balaban J connectivity index is 1.45. The summed E-state index contributed by atoms with van der Waals surface area (Å²) in [4.78, 5) is 17.1.